The normalized spacial score (nSPS) is 11.7. The van der Waals surface area contributed by atoms with Crippen molar-refractivity contribution in [3.05, 3.63) is 92.0 Å². The van der Waals surface area contributed by atoms with Crippen LogP contribution in [0.1, 0.15) is 47.1 Å². The van der Waals surface area contributed by atoms with Crippen molar-refractivity contribution in [2.45, 2.75) is 32.7 Å². The van der Waals surface area contributed by atoms with E-state index in [1.807, 2.05) is 29.6 Å². The first kappa shape index (κ1) is 19.8. The Bertz CT molecular complexity index is 1030. The second-order valence-electron chi connectivity index (χ2n) is 7.52. The standard InChI is InChI=1S/C22H23N3O2S/c1-22(2,3)17-10-8-16(9-11-17)15-25-12-4-7-19(21(25)27)20(26)24-23-14-18-6-5-13-28-18/h4-14H,15H2,1-3H3,(H,24,26)/b23-14-. The molecule has 2 heterocycles. The zero-order valence-corrected chi connectivity index (χ0v) is 17.0. The fraction of sp³-hybridized carbons (Fsp3) is 0.227. The molecule has 0 aliphatic carbocycles. The topological polar surface area (TPSA) is 63.5 Å². The van der Waals surface area contributed by atoms with Crippen LogP contribution in [-0.2, 0) is 12.0 Å². The van der Waals surface area contributed by atoms with E-state index < -0.39 is 5.91 Å². The third kappa shape index (κ3) is 4.84. The molecule has 5 nitrogen and oxygen atoms in total. The van der Waals surface area contributed by atoms with Gasteiger partial charge in [-0.2, -0.15) is 5.10 Å². The molecule has 0 saturated heterocycles. The molecule has 0 fully saturated rings. The van der Waals surface area contributed by atoms with E-state index in [9.17, 15) is 9.59 Å². The Morgan fingerprint density at radius 1 is 1.14 bits per heavy atom. The summed E-state index contributed by atoms with van der Waals surface area (Å²) >= 11 is 1.51. The molecular weight excluding hydrogens is 370 g/mol. The first-order chi connectivity index (χ1) is 13.3. The second kappa shape index (κ2) is 8.35. The number of carbonyl (C=O) groups excluding carboxylic acids is 1. The number of aromatic nitrogens is 1. The second-order valence-corrected chi connectivity index (χ2v) is 8.50. The van der Waals surface area contributed by atoms with E-state index in [0.29, 0.717) is 6.54 Å². The van der Waals surface area contributed by atoms with Gasteiger partial charge in [-0.15, -0.1) is 11.3 Å². The highest BCUT2D eigenvalue weighted by Gasteiger charge is 2.14. The van der Waals surface area contributed by atoms with E-state index in [1.54, 1.807) is 18.5 Å². The Labute approximate surface area is 168 Å². The van der Waals surface area contributed by atoms with E-state index in [-0.39, 0.29) is 16.5 Å². The van der Waals surface area contributed by atoms with E-state index in [4.69, 9.17) is 0 Å². The highest BCUT2D eigenvalue weighted by Crippen LogP contribution is 2.22. The number of rotatable bonds is 5. The van der Waals surface area contributed by atoms with Crippen LogP contribution in [0.15, 0.2) is 70.0 Å². The van der Waals surface area contributed by atoms with Crippen LogP contribution in [0.4, 0.5) is 0 Å². The number of hydrazone groups is 1. The number of nitrogens with one attached hydrogen (secondary N) is 1. The molecule has 0 atom stereocenters. The maximum atomic E-state index is 12.7. The van der Waals surface area contributed by atoms with Gasteiger partial charge in [-0.3, -0.25) is 9.59 Å². The summed E-state index contributed by atoms with van der Waals surface area (Å²) in [5.41, 5.74) is 4.46. The average Bonchev–Trinajstić information content (AvgIpc) is 3.16. The van der Waals surface area contributed by atoms with Gasteiger partial charge in [-0.25, -0.2) is 5.43 Å². The Kier molecular flexibility index (Phi) is 5.90. The Morgan fingerprint density at radius 2 is 1.89 bits per heavy atom. The summed E-state index contributed by atoms with van der Waals surface area (Å²) in [5, 5.41) is 5.84. The quantitative estimate of drug-likeness (QED) is 0.526. The highest BCUT2D eigenvalue weighted by molar-refractivity contribution is 7.11. The lowest BCUT2D eigenvalue weighted by Crippen LogP contribution is -2.30. The summed E-state index contributed by atoms with van der Waals surface area (Å²) in [4.78, 5) is 25.9. The minimum atomic E-state index is -0.518. The summed E-state index contributed by atoms with van der Waals surface area (Å²) < 4.78 is 1.53. The molecule has 3 rings (SSSR count). The maximum absolute atomic E-state index is 12.7. The van der Waals surface area contributed by atoms with Gasteiger partial charge in [0.25, 0.3) is 11.5 Å². The lowest BCUT2D eigenvalue weighted by Gasteiger charge is -2.19. The lowest BCUT2D eigenvalue weighted by molar-refractivity contribution is 0.0953. The van der Waals surface area contributed by atoms with Crippen molar-refractivity contribution in [1.29, 1.82) is 0 Å². The van der Waals surface area contributed by atoms with Crippen LogP contribution >= 0.6 is 11.3 Å². The van der Waals surface area contributed by atoms with Gasteiger partial charge >= 0.3 is 0 Å². The van der Waals surface area contributed by atoms with Crippen LogP contribution in [0.5, 0.6) is 0 Å². The third-order valence-corrected chi connectivity index (χ3v) is 5.15. The number of hydrogen-bond donors (Lipinski definition) is 1. The van der Waals surface area contributed by atoms with Crippen LogP contribution in [-0.4, -0.2) is 16.7 Å². The molecule has 2 aromatic heterocycles. The molecule has 28 heavy (non-hydrogen) atoms. The molecule has 1 amide bonds. The SMILES string of the molecule is CC(C)(C)c1ccc(Cn2cccc(C(=O)N/N=C\c3cccs3)c2=O)cc1. The van der Waals surface area contributed by atoms with Crippen LogP contribution in [0.3, 0.4) is 0 Å². The average molecular weight is 394 g/mol. The first-order valence-corrected chi connectivity index (χ1v) is 9.88. The van der Waals surface area contributed by atoms with Gasteiger partial charge in [0.1, 0.15) is 5.56 Å². The van der Waals surface area contributed by atoms with Crippen LogP contribution < -0.4 is 11.0 Å². The van der Waals surface area contributed by atoms with Crippen molar-refractivity contribution in [3.8, 4) is 0 Å². The van der Waals surface area contributed by atoms with Crippen molar-refractivity contribution in [2.24, 2.45) is 5.10 Å². The Balaban J connectivity index is 1.73. The van der Waals surface area contributed by atoms with E-state index in [2.05, 4.69) is 43.4 Å². The van der Waals surface area contributed by atoms with Crippen molar-refractivity contribution < 1.29 is 4.79 Å². The monoisotopic (exact) mass is 393 g/mol. The van der Waals surface area contributed by atoms with Crippen LogP contribution in [0.2, 0.25) is 0 Å². The van der Waals surface area contributed by atoms with Crippen molar-refractivity contribution >= 4 is 23.5 Å². The predicted octanol–water partition coefficient (Wildman–Crippen LogP) is 4.02. The number of thiophene rings is 1. The van der Waals surface area contributed by atoms with Gasteiger partial charge < -0.3 is 4.57 Å². The van der Waals surface area contributed by atoms with Crippen molar-refractivity contribution in [1.82, 2.24) is 9.99 Å². The van der Waals surface area contributed by atoms with Crippen molar-refractivity contribution in [3.63, 3.8) is 0 Å². The van der Waals surface area contributed by atoms with Gasteiger partial charge in [0.2, 0.25) is 0 Å². The molecule has 1 aromatic carbocycles. The van der Waals surface area contributed by atoms with Gasteiger partial charge in [0.05, 0.1) is 12.8 Å². The summed E-state index contributed by atoms with van der Waals surface area (Å²) in [6.45, 7) is 6.89. The molecule has 0 saturated carbocycles. The van der Waals surface area contributed by atoms with Crippen LogP contribution in [0, 0.1) is 0 Å². The minimum absolute atomic E-state index is 0.0668. The van der Waals surface area contributed by atoms with E-state index >= 15 is 0 Å². The number of carbonyl (C=O) groups is 1. The van der Waals surface area contributed by atoms with Gasteiger partial charge in [0.15, 0.2) is 0 Å². The largest absolute Gasteiger partial charge is 0.310 e. The number of nitrogens with zero attached hydrogens (tertiary/aromatic N) is 2. The minimum Gasteiger partial charge on any atom is -0.310 e. The number of amides is 1. The van der Waals surface area contributed by atoms with Gasteiger partial charge in [0, 0.05) is 11.1 Å². The maximum Gasteiger partial charge on any atom is 0.276 e. The molecule has 0 aliphatic heterocycles. The van der Waals surface area contributed by atoms with E-state index in [0.717, 1.165) is 10.4 Å². The van der Waals surface area contributed by atoms with E-state index in [1.165, 1.54) is 27.5 Å². The molecule has 0 bridgehead atoms. The molecule has 1 N–H and O–H groups in total. The molecule has 0 aliphatic rings. The molecule has 0 unspecified atom stereocenters. The number of pyridine rings is 1. The van der Waals surface area contributed by atoms with Gasteiger partial charge in [-0.1, -0.05) is 51.1 Å². The summed E-state index contributed by atoms with van der Waals surface area (Å²) in [6, 6.07) is 15.2. The van der Waals surface area contributed by atoms with Gasteiger partial charge in [-0.05, 0) is 40.1 Å². The first-order valence-electron chi connectivity index (χ1n) is 9.00. The summed E-state index contributed by atoms with van der Waals surface area (Å²) in [5.74, 6) is -0.518. The molecule has 6 heteroatoms. The zero-order valence-electron chi connectivity index (χ0n) is 16.2. The highest BCUT2D eigenvalue weighted by atomic mass is 32.1. The summed E-state index contributed by atoms with van der Waals surface area (Å²) in [7, 11) is 0. The number of hydrogen-bond acceptors (Lipinski definition) is 4. The third-order valence-electron chi connectivity index (χ3n) is 4.34. The molecule has 3 aromatic rings. The Hall–Kier alpha value is -2.99. The summed E-state index contributed by atoms with van der Waals surface area (Å²) in [6.07, 6.45) is 3.24. The van der Waals surface area contributed by atoms with Crippen molar-refractivity contribution in [2.75, 3.05) is 0 Å². The smallest absolute Gasteiger partial charge is 0.276 e. The lowest BCUT2D eigenvalue weighted by atomic mass is 9.87. The fourth-order valence-corrected chi connectivity index (χ4v) is 3.31. The molecule has 144 valence electrons. The van der Waals surface area contributed by atoms with Crippen LogP contribution in [0.25, 0.3) is 0 Å². The molecular formula is C22H23N3O2S. The molecule has 0 radical (unpaired) electrons. The zero-order chi connectivity index (χ0) is 20.1. The number of benzene rings is 1. The fourth-order valence-electron chi connectivity index (χ4n) is 2.72. The predicted molar refractivity (Wildman–Crippen MR) is 114 cm³/mol. The molecule has 0 spiro atoms. The Morgan fingerprint density at radius 3 is 2.54 bits per heavy atom.